The first-order valence-corrected chi connectivity index (χ1v) is 9.45. The highest BCUT2D eigenvalue weighted by atomic mass is 35.5. The Hall–Kier alpha value is -2.83. The molecule has 1 aromatic heterocycles. The second-order valence-corrected chi connectivity index (χ2v) is 7.05. The molecule has 2 heterocycles. The Balaban J connectivity index is 1.62. The number of hydrogen-bond acceptors (Lipinski definition) is 4. The third-order valence-corrected chi connectivity index (χ3v) is 5.00. The van der Waals surface area contributed by atoms with Gasteiger partial charge in [-0.1, -0.05) is 29.8 Å². The summed E-state index contributed by atoms with van der Waals surface area (Å²) in [6.45, 7) is 2.69. The van der Waals surface area contributed by atoms with E-state index in [2.05, 4.69) is 4.99 Å². The summed E-state index contributed by atoms with van der Waals surface area (Å²) in [5, 5.41) is 11.4. The Labute approximate surface area is 167 Å². The molecule has 0 aliphatic carbocycles. The van der Waals surface area contributed by atoms with Gasteiger partial charge in [0.15, 0.2) is 0 Å². The molecule has 0 saturated carbocycles. The number of aliphatic imine (C=N–C) groups is 1. The lowest BCUT2D eigenvalue weighted by Gasteiger charge is -2.27. The number of benzene rings is 2. The lowest BCUT2D eigenvalue weighted by atomic mass is 10.2. The molecule has 28 heavy (non-hydrogen) atoms. The molecule has 0 spiro atoms. The van der Waals surface area contributed by atoms with Crippen LogP contribution in [0.15, 0.2) is 53.7 Å². The number of phenols is 1. The molecule has 1 saturated heterocycles. The van der Waals surface area contributed by atoms with Gasteiger partial charge in [-0.05, 0) is 18.2 Å². The van der Waals surface area contributed by atoms with Crippen molar-refractivity contribution >= 4 is 40.3 Å². The Morgan fingerprint density at radius 2 is 2.00 bits per heavy atom. The van der Waals surface area contributed by atoms with Crippen LogP contribution in [0.5, 0.6) is 5.75 Å². The maximum Gasteiger partial charge on any atom is 0.242 e. The van der Waals surface area contributed by atoms with Crippen LogP contribution < -0.4 is 0 Å². The molecule has 1 fully saturated rings. The molecule has 1 amide bonds. The molecule has 6 nitrogen and oxygen atoms in total. The first-order valence-electron chi connectivity index (χ1n) is 9.08. The van der Waals surface area contributed by atoms with Crippen LogP contribution in [-0.2, 0) is 16.1 Å². The second kappa shape index (κ2) is 8.04. The Kier molecular flexibility index (Phi) is 5.32. The summed E-state index contributed by atoms with van der Waals surface area (Å²) in [5.74, 6) is 0.0953. The average Bonchev–Trinajstić information content (AvgIpc) is 3.06. The Bertz CT molecular complexity index is 1040. The lowest BCUT2D eigenvalue weighted by molar-refractivity contribution is -0.135. The molecule has 7 heteroatoms. The molecular formula is C21H20ClN3O3. The number of fused-ring (bicyclic) bond motifs is 1. The number of nitrogens with zero attached hydrogens (tertiary/aromatic N) is 3. The van der Waals surface area contributed by atoms with Crippen LogP contribution in [-0.4, -0.2) is 53.0 Å². The zero-order valence-electron chi connectivity index (χ0n) is 15.2. The van der Waals surface area contributed by atoms with Gasteiger partial charge in [0.2, 0.25) is 5.91 Å². The normalized spacial score (nSPS) is 14.8. The number of aromatic nitrogens is 1. The summed E-state index contributed by atoms with van der Waals surface area (Å²) in [6, 6.07) is 12.7. The summed E-state index contributed by atoms with van der Waals surface area (Å²) in [7, 11) is 0. The summed E-state index contributed by atoms with van der Waals surface area (Å²) >= 11 is 5.87. The number of para-hydroxylation sites is 1. The third-order valence-electron chi connectivity index (χ3n) is 4.77. The molecule has 0 radical (unpaired) electrons. The number of rotatable bonds is 4. The van der Waals surface area contributed by atoms with E-state index in [0.29, 0.717) is 37.0 Å². The van der Waals surface area contributed by atoms with Crippen LogP contribution in [0.25, 0.3) is 10.9 Å². The van der Waals surface area contributed by atoms with Crippen molar-refractivity contribution in [3.05, 3.63) is 59.2 Å². The minimum absolute atomic E-state index is 0.0231. The molecule has 0 atom stereocenters. The number of phenolic OH excluding ortho intramolecular Hbond substituents is 1. The second-order valence-electron chi connectivity index (χ2n) is 6.61. The van der Waals surface area contributed by atoms with E-state index in [1.54, 1.807) is 18.3 Å². The summed E-state index contributed by atoms with van der Waals surface area (Å²) in [5.41, 5.74) is 2.27. The average molecular weight is 398 g/mol. The molecule has 0 unspecified atom stereocenters. The number of carbonyl (C=O) groups excluding carboxylic acids is 1. The summed E-state index contributed by atoms with van der Waals surface area (Å²) in [4.78, 5) is 18.9. The van der Waals surface area contributed by atoms with E-state index in [1.807, 2.05) is 39.9 Å². The van der Waals surface area contributed by atoms with Gasteiger partial charge in [0.25, 0.3) is 0 Å². The van der Waals surface area contributed by atoms with E-state index in [9.17, 15) is 9.90 Å². The van der Waals surface area contributed by atoms with Crippen LogP contribution in [0.2, 0.25) is 5.02 Å². The topological polar surface area (TPSA) is 67.1 Å². The van der Waals surface area contributed by atoms with Gasteiger partial charge in [-0.3, -0.25) is 9.79 Å². The number of aromatic hydroxyl groups is 1. The van der Waals surface area contributed by atoms with Crippen molar-refractivity contribution in [1.29, 1.82) is 0 Å². The van der Waals surface area contributed by atoms with Crippen molar-refractivity contribution in [2.45, 2.75) is 6.54 Å². The molecular weight excluding hydrogens is 378 g/mol. The van der Waals surface area contributed by atoms with Crippen molar-refractivity contribution in [2.75, 3.05) is 26.3 Å². The fourth-order valence-corrected chi connectivity index (χ4v) is 3.48. The monoisotopic (exact) mass is 397 g/mol. The van der Waals surface area contributed by atoms with Gasteiger partial charge in [-0.2, -0.15) is 0 Å². The van der Waals surface area contributed by atoms with Crippen LogP contribution in [0.3, 0.4) is 0 Å². The lowest BCUT2D eigenvalue weighted by Crippen LogP contribution is -2.42. The van der Waals surface area contributed by atoms with Crippen LogP contribution in [0.4, 0.5) is 5.69 Å². The predicted molar refractivity (Wildman–Crippen MR) is 110 cm³/mol. The quantitative estimate of drug-likeness (QED) is 0.684. The van der Waals surface area contributed by atoms with Crippen LogP contribution in [0.1, 0.15) is 5.56 Å². The van der Waals surface area contributed by atoms with Gasteiger partial charge in [-0.25, -0.2) is 0 Å². The number of morpholine rings is 1. The van der Waals surface area contributed by atoms with Gasteiger partial charge in [0, 0.05) is 53.1 Å². The fraction of sp³-hybridized carbons (Fsp3) is 0.238. The van der Waals surface area contributed by atoms with Gasteiger partial charge >= 0.3 is 0 Å². The fourth-order valence-electron chi connectivity index (χ4n) is 3.31. The van der Waals surface area contributed by atoms with Gasteiger partial charge in [0.1, 0.15) is 18.0 Å². The van der Waals surface area contributed by atoms with E-state index in [1.165, 1.54) is 6.07 Å². The minimum atomic E-state index is 0.0231. The highest BCUT2D eigenvalue weighted by molar-refractivity contribution is 6.30. The number of hydrogen-bond donors (Lipinski definition) is 1. The van der Waals surface area contributed by atoms with Crippen molar-refractivity contribution in [3.63, 3.8) is 0 Å². The van der Waals surface area contributed by atoms with Crippen molar-refractivity contribution in [1.82, 2.24) is 9.47 Å². The van der Waals surface area contributed by atoms with Crippen molar-refractivity contribution in [2.24, 2.45) is 4.99 Å². The van der Waals surface area contributed by atoms with Crippen molar-refractivity contribution < 1.29 is 14.6 Å². The van der Waals surface area contributed by atoms with Gasteiger partial charge < -0.3 is 19.3 Å². The third kappa shape index (κ3) is 3.88. The predicted octanol–water partition coefficient (Wildman–Crippen LogP) is 3.61. The van der Waals surface area contributed by atoms with E-state index >= 15 is 0 Å². The van der Waals surface area contributed by atoms with Crippen LogP contribution in [0, 0.1) is 0 Å². The Morgan fingerprint density at radius 1 is 1.21 bits per heavy atom. The molecule has 4 rings (SSSR count). The highest BCUT2D eigenvalue weighted by Crippen LogP contribution is 2.29. The molecule has 0 bridgehead atoms. The first kappa shape index (κ1) is 18.5. The van der Waals surface area contributed by atoms with Crippen molar-refractivity contribution in [3.8, 4) is 5.75 Å². The van der Waals surface area contributed by atoms with E-state index < -0.39 is 0 Å². The number of ether oxygens (including phenoxy) is 1. The standard InChI is InChI=1S/C21H20ClN3O3/c22-16-5-6-18(20(26)11-16)23-12-15-13-25(19-4-2-1-3-17(15)19)14-21(27)24-7-9-28-10-8-24/h1-6,11-13,26H,7-10,14H2. The minimum Gasteiger partial charge on any atom is -0.506 e. The molecule has 1 aliphatic rings. The number of halogens is 1. The maximum atomic E-state index is 12.6. The van der Waals surface area contributed by atoms with Gasteiger partial charge in [0.05, 0.1) is 13.2 Å². The number of carbonyl (C=O) groups is 1. The largest absolute Gasteiger partial charge is 0.506 e. The smallest absolute Gasteiger partial charge is 0.242 e. The molecule has 1 N–H and O–H groups in total. The number of amides is 1. The highest BCUT2D eigenvalue weighted by Gasteiger charge is 2.18. The molecule has 2 aromatic carbocycles. The zero-order valence-corrected chi connectivity index (χ0v) is 16.0. The van der Waals surface area contributed by atoms with E-state index in [-0.39, 0.29) is 18.2 Å². The molecule has 3 aromatic rings. The molecule has 144 valence electrons. The zero-order chi connectivity index (χ0) is 19.5. The maximum absolute atomic E-state index is 12.6. The van der Waals surface area contributed by atoms with E-state index in [4.69, 9.17) is 16.3 Å². The molecule has 1 aliphatic heterocycles. The van der Waals surface area contributed by atoms with E-state index in [0.717, 1.165) is 16.5 Å². The van der Waals surface area contributed by atoms with Gasteiger partial charge in [-0.15, -0.1) is 0 Å². The summed E-state index contributed by atoms with van der Waals surface area (Å²) < 4.78 is 7.26. The first-order chi connectivity index (χ1) is 13.6. The summed E-state index contributed by atoms with van der Waals surface area (Å²) in [6.07, 6.45) is 3.61. The SMILES string of the molecule is O=C(Cn1cc(C=Nc2ccc(Cl)cc2O)c2ccccc21)N1CCOCC1. The van der Waals surface area contributed by atoms with Crippen LogP contribution >= 0.6 is 11.6 Å². The Morgan fingerprint density at radius 3 is 2.79 bits per heavy atom.